The average molecular weight is 277 g/mol. The molecule has 4 unspecified atom stereocenters. The minimum atomic E-state index is 0.999. The Balaban J connectivity index is 1.41. The molecule has 1 nitrogen and oxygen atoms in total. The van der Waals surface area contributed by atoms with Crippen LogP contribution in [0.4, 0.5) is 0 Å². The van der Waals surface area contributed by atoms with Crippen LogP contribution in [0.2, 0.25) is 0 Å². The van der Waals surface area contributed by atoms with E-state index in [0.717, 1.165) is 29.6 Å². The largest absolute Gasteiger partial charge is 0.316 e. The molecule has 116 valence electrons. The zero-order chi connectivity index (χ0) is 13.8. The summed E-state index contributed by atoms with van der Waals surface area (Å²) in [6.07, 6.45) is 16.8. The van der Waals surface area contributed by atoms with E-state index in [1.165, 1.54) is 64.5 Å². The maximum Gasteiger partial charge on any atom is -0.00204 e. The lowest BCUT2D eigenvalue weighted by molar-refractivity contribution is 0.188. The molecular formula is C19H35N. The van der Waals surface area contributed by atoms with Crippen LogP contribution in [0.1, 0.15) is 77.6 Å². The van der Waals surface area contributed by atoms with Crippen LogP contribution in [0.3, 0.4) is 0 Å². The minimum absolute atomic E-state index is 0.999. The molecule has 3 rings (SSSR count). The molecule has 1 saturated heterocycles. The molecule has 0 spiro atoms. The molecule has 0 radical (unpaired) electrons. The van der Waals surface area contributed by atoms with Gasteiger partial charge in [0, 0.05) is 0 Å². The van der Waals surface area contributed by atoms with E-state index < -0.39 is 0 Å². The lowest BCUT2D eigenvalue weighted by Crippen LogP contribution is -2.31. The molecule has 0 aromatic carbocycles. The molecule has 2 saturated carbocycles. The topological polar surface area (TPSA) is 12.0 Å². The third kappa shape index (κ3) is 4.23. The first-order valence-corrected chi connectivity index (χ1v) is 9.50. The van der Waals surface area contributed by atoms with Crippen LogP contribution in [-0.2, 0) is 0 Å². The molecule has 0 aromatic rings. The van der Waals surface area contributed by atoms with E-state index in [4.69, 9.17) is 0 Å². The summed E-state index contributed by atoms with van der Waals surface area (Å²) in [5.41, 5.74) is 0. The Labute approximate surface area is 126 Å². The van der Waals surface area contributed by atoms with Crippen LogP contribution in [0, 0.1) is 29.6 Å². The highest BCUT2D eigenvalue weighted by Gasteiger charge is 2.29. The van der Waals surface area contributed by atoms with Gasteiger partial charge in [-0.2, -0.15) is 0 Å². The predicted molar refractivity (Wildman–Crippen MR) is 86.8 cm³/mol. The van der Waals surface area contributed by atoms with Crippen LogP contribution in [0.15, 0.2) is 0 Å². The van der Waals surface area contributed by atoms with Crippen molar-refractivity contribution in [3.05, 3.63) is 0 Å². The van der Waals surface area contributed by atoms with E-state index in [2.05, 4.69) is 12.2 Å². The Hall–Kier alpha value is -0.0400. The first-order valence-electron chi connectivity index (χ1n) is 9.50. The van der Waals surface area contributed by atoms with Crippen molar-refractivity contribution in [1.29, 1.82) is 0 Å². The van der Waals surface area contributed by atoms with Gasteiger partial charge in [0.25, 0.3) is 0 Å². The second kappa shape index (κ2) is 7.29. The fourth-order valence-electron chi connectivity index (χ4n) is 5.44. The molecule has 3 aliphatic rings. The summed E-state index contributed by atoms with van der Waals surface area (Å²) < 4.78 is 0. The molecule has 3 fully saturated rings. The lowest BCUT2D eigenvalue weighted by Gasteiger charge is -2.34. The van der Waals surface area contributed by atoms with E-state index in [1.54, 1.807) is 19.3 Å². The molecule has 0 bridgehead atoms. The van der Waals surface area contributed by atoms with Gasteiger partial charge in [-0.1, -0.05) is 39.0 Å². The molecule has 1 N–H and O–H groups in total. The molecule has 1 heterocycles. The minimum Gasteiger partial charge on any atom is -0.316 e. The number of piperidine rings is 1. The molecule has 2 aliphatic carbocycles. The van der Waals surface area contributed by atoms with Gasteiger partial charge >= 0.3 is 0 Å². The van der Waals surface area contributed by atoms with Crippen LogP contribution >= 0.6 is 0 Å². The van der Waals surface area contributed by atoms with E-state index in [-0.39, 0.29) is 0 Å². The number of rotatable bonds is 4. The number of nitrogens with one attached hydrogen (secondary N) is 1. The van der Waals surface area contributed by atoms with Crippen LogP contribution < -0.4 is 5.32 Å². The fraction of sp³-hybridized carbons (Fsp3) is 1.00. The third-order valence-corrected chi connectivity index (χ3v) is 6.43. The Morgan fingerprint density at radius 1 is 0.750 bits per heavy atom. The van der Waals surface area contributed by atoms with Gasteiger partial charge in [-0.15, -0.1) is 0 Å². The van der Waals surface area contributed by atoms with E-state index in [9.17, 15) is 0 Å². The number of hydrogen-bond acceptors (Lipinski definition) is 1. The lowest BCUT2D eigenvalue weighted by atomic mass is 9.73. The highest BCUT2D eigenvalue weighted by atomic mass is 14.9. The zero-order valence-electron chi connectivity index (χ0n) is 13.6. The van der Waals surface area contributed by atoms with Crippen LogP contribution in [0.25, 0.3) is 0 Å². The number of hydrogen-bond donors (Lipinski definition) is 1. The normalized spacial score (nSPS) is 42.8. The van der Waals surface area contributed by atoms with E-state index in [1.807, 2.05) is 0 Å². The van der Waals surface area contributed by atoms with Gasteiger partial charge in [0.15, 0.2) is 0 Å². The maximum atomic E-state index is 3.60. The van der Waals surface area contributed by atoms with Crippen molar-refractivity contribution in [3.8, 4) is 0 Å². The van der Waals surface area contributed by atoms with Gasteiger partial charge in [0.1, 0.15) is 0 Å². The van der Waals surface area contributed by atoms with Crippen molar-refractivity contribution in [2.45, 2.75) is 77.6 Å². The molecule has 5 atom stereocenters. The highest BCUT2D eigenvalue weighted by molar-refractivity contribution is 4.81. The van der Waals surface area contributed by atoms with Crippen molar-refractivity contribution in [1.82, 2.24) is 5.32 Å². The van der Waals surface area contributed by atoms with Gasteiger partial charge in [-0.25, -0.2) is 0 Å². The first-order chi connectivity index (χ1) is 9.79. The van der Waals surface area contributed by atoms with Gasteiger partial charge in [-0.3, -0.25) is 0 Å². The summed E-state index contributed by atoms with van der Waals surface area (Å²) >= 11 is 0. The van der Waals surface area contributed by atoms with Gasteiger partial charge < -0.3 is 5.32 Å². The quantitative estimate of drug-likeness (QED) is 0.761. The summed E-state index contributed by atoms with van der Waals surface area (Å²) in [5, 5.41) is 3.60. The van der Waals surface area contributed by atoms with Crippen LogP contribution in [0.5, 0.6) is 0 Å². The second-order valence-electron chi connectivity index (χ2n) is 8.37. The molecule has 0 amide bonds. The maximum absolute atomic E-state index is 3.60. The summed E-state index contributed by atoms with van der Waals surface area (Å²) in [6, 6.07) is 0. The monoisotopic (exact) mass is 277 g/mol. The smallest absolute Gasteiger partial charge is 0.00204 e. The zero-order valence-corrected chi connectivity index (χ0v) is 13.6. The first kappa shape index (κ1) is 14.9. The summed E-state index contributed by atoms with van der Waals surface area (Å²) in [5.74, 6) is 5.26. The summed E-state index contributed by atoms with van der Waals surface area (Å²) in [6.45, 7) is 5.03. The Bertz CT molecular complexity index is 269. The highest BCUT2D eigenvalue weighted by Crippen LogP contribution is 2.41. The standard InChI is InChI=1S/C19H35N/c1-15-7-8-18(10-15)12-16-4-2-5-17(11-16)13-19-6-3-9-20-14-19/h15-20H,2-14H2,1H3/t15-,16?,17?,18?,19?/m1/s1. The van der Waals surface area contributed by atoms with Crippen molar-refractivity contribution in [2.75, 3.05) is 13.1 Å². The molecule has 1 aliphatic heterocycles. The molecular weight excluding hydrogens is 242 g/mol. The van der Waals surface area contributed by atoms with Crippen LogP contribution in [-0.4, -0.2) is 13.1 Å². The Morgan fingerprint density at radius 2 is 1.45 bits per heavy atom. The van der Waals surface area contributed by atoms with Crippen molar-refractivity contribution in [3.63, 3.8) is 0 Å². The molecule has 1 heteroatoms. The van der Waals surface area contributed by atoms with Crippen molar-refractivity contribution >= 4 is 0 Å². The SMILES string of the molecule is C[C@@H]1CCC(CC2CCCC(CC3CCCNC3)C2)C1. The van der Waals surface area contributed by atoms with Crippen molar-refractivity contribution < 1.29 is 0 Å². The van der Waals surface area contributed by atoms with E-state index in [0.29, 0.717) is 0 Å². The Morgan fingerprint density at radius 3 is 2.10 bits per heavy atom. The molecule has 0 aromatic heterocycles. The van der Waals surface area contributed by atoms with Gasteiger partial charge in [0.2, 0.25) is 0 Å². The second-order valence-corrected chi connectivity index (χ2v) is 8.37. The third-order valence-electron chi connectivity index (χ3n) is 6.43. The molecule has 20 heavy (non-hydrogen) atoms. The van der Waals surface area contributed by atoms with E-state index >= 15 is 0 Å². The fourth-order valence-corrected chi connectivity index (χ4v) is 5.44. The average Bonchev–Trinajstić information content (AvgIpc) is 2.86. The van der Waals surface area contributed by atoms with Crippen molar-refractivity contribution in [2.24, 2.45) is 29.6 Å². The Kier molecular flexibility index (Phi) is 5.42. The summed E-state index contributed by atoms with van der Waals surface area (Å²) in [4.78, 5) is 0. The summed E-state index contributed by atoms with van der Waals surface area (Å²) in [7, 11) is 0. The van der Waals surface area contributed by atoms with Gasteiger partial charge in [0.05, 0.1) is 0 Å². The predicted octanol–water partition coefficient (Wildman–Crippen LogP) is 5.01. The van der Waals surface area contributed by atoms with Gasteiger partial charge in [-0.05, 0) is 81.2 Å².